The number of halogens is 1. The fourth-order valence-electron chi connectivity index (χ4n) is 2.59. The molecule has 1 fully saturated rings. The molecule has 0 unspecified atom stereocenters. The van der Waals surface area contributed by atoms with Gasteiger partial charge in [0.15, 0.2) is 0 Å². The van der Waals surface area contributed by atoms with Crippen LogP contribution in [0.1, 0.15) is 24.8 Å². The SMILES string of the molecule is O=C(CCn1ccnc1)NCC1(c2ccccc2Br)CC1. The summed E-state index contributed by atoms with van der Waals surface area (Å²) in [4.78, 5) is 15.9. The highest BCUT2D eigenvalue weighted by atomic mass is 79.9. The summed E-state index contributed by atoms with van der Waals surface area (Å²) in [6.45, 7) is 1.40. The molecule has 110 valence electrons. The summed E-state index contributed by atoms with van der Waals surface area (Å²) in [5.41, 5.74) is 1.44. The van der Waals surface area contributed by atoms with Gasteiger partial charge < -0.3 is 9.88 Å². The first-order chi connectivity index (χ1) is 10.2. The van der Waals surface area contributed by atoms with Gasteiger partial charge in [0.25, 0.3) is 0 Å². The molecule has 2 aromatic rings. The number of rotatable bonds is 6. The largest absolute Gasteiger partial charge is 0.355 e. The Kier molecular flexibility index (Phi) is 4.10. The minimum atomic E-state index is 0.0991. The Labute approximate surface area is 132 Å². The molecule has 1 aromatic carbocycles. The number of carbonyl (C=O) groups is 1. The smallest absolute Gasteiger partial charge is 0.221 e. The number of benzene rings is 1. The molecule has 1 N–H and O–H groups in total. The molecule has 5 heteroatoms. The molecule has 1 amide bonds. The highest BCUT2D eigenvalue weighted by Crippen LogP contribution is 2.49. The van der Waals surface area contributed by atoms with Crippen LogP contribution in [-0.2, 0) is 16.8 Å². The van der Waals surface area contributed by atoms with Gasteiger partial charge in [0.05, 0.1) is 6.33 Å². The van der Waals surface area contributed by atoms with Gasteiger partial charge in [0.2, 0.25) is 5.91 Å². The number of hydrogen-bond acceptors (Lipinski definition) is 2. The van der Waals surface area contributed by atoms with Crippen molar-refractivity contribution in [2.24, 2.45) is 0 Å². The van der Waals surface area contributed by atoms with Gasteiger partial charge in [-0.25, -0.2) is 4.98 Å². The maximum absolute atomic E-state index is 12.0. The molecule has 4 nitrogen and oxygen atoms in total. The van der Waals surface area contributed by atoms with Gasteiger partial charge in [-0.05, 0) is 24.5 Å². The minimum Gasteiger partial charge on any atom is -0.355 e. The monoisotopic (exact) mass is 347 g/mol. The van der Waals surface area contributed by atoms with Crippen molar-refractivity contribution in [3.05, 3.63) is 53.0 Å². The Bertz CT molecular complexity index is 620. The van der Waals surface area contributed by atoms with E-state index in [9.17, 15) is 4.79 Å². The van der Waals surface area contributed by atoms with E-state index in [4.69, 9.17) is 0 Å². The molecule has 0 bridgehead atoms. The molecular formula is C16H18BrN3O. The van der Waals surface area contributed by atoms with E-state index in [-0.39, 0.29) is 11.3 Å². The molecule has 1 aromatic heterocycles. The Morgan fingerprint density at radius 2 is 2.19 bits per heavy atom. The summed E-state index contributed by atoms with van der Waals surface area (Å²) in [5.74, 6) is 0.0991. The molecule has 3 rings (SSSR count). The summed E-state index contributed by atoms with van der Waals surface area (Å²) in [5, 5.41) is 3.08. The molecule has 0 radical (unpaired) electrons. The summed E-state index contributed by atoms with van der Waals surface area (Å²) in [7, 11) is 0. The van der Waals surface area contributed by atoms with Crippen LogP contribution in [0.3, 0.4) is 0 Å². The maximum atomic E-state index is 12.0. The molecule has 0 aliphatic heterocycles. The molecule has 0 atom stereocenters. The molecule has 21 heavy (non-hydrogen) atoms. The number of amides is 1. The fourth-order valence-corrected chi connectivity index (χ4v) is 3.29. The summed E-state index contributed by atoms with van der Waals surface area (Å²) >= 11 is 3.61. The zero-order chi connectivity index (χ0) is 14.7. The van der Waals surface area contributed by atoms with Gasteiger partial charge in [0, 0.05) is 41.8 Å². The molecule has 1 heterocycles. The van der Waals surface area contributed by atoms with Crippen LogP contribution in [0, 0.1) is 0 Å². The standard InChI is InChI=1S/C16H18BrN3O/c17-14-4-2-1-3-13(14)16(6-7-16)11-19-15(21)5-9-20-10-8-18-12-20/h1-4,8,10,12H,5-7,9,11H2,(H,19,21). The van der Waals surface area contributed by atoms with Gasteiger partial charge in [-0.15, -0.1) is 0 Å². The molecule has 1 saturated carbocycles. The Morgan fingerprint density at radius 1 is 1.38 bits per heavy atom. The molecule has 0 spiro atoms. The fraction of sp³-hybridized carbons (Fsp3) is 0.375. The van der Waals surface area contributed by atoms with Crippen molar-refractivity contribution in [3.63, 3.8) is 0 Å². The second-order valence-corrected chi connectivity index (χ2v) is 6.44. The minimum absolute atomic E-state index is 0.0991. The lowest BCUT2D eigenvalue weighted by molar-refractivity contribution is -0.121. The molecule has 1 aliphatic rings. The third-order valence-electron chi connectivity index (χ3n) is 4.08. The summed E-state index contributed by atoms with van der Waals surface area (Å²) < 4.78 is 3.05. The first-order valence-electron chi connectivity index (χ1n) is 7.17. The number of carbonyl (C=O) groups excluding carboxylic acids is 1. The second-order valence-electron chi connectivity index (χ2n) is 5.59. The van der Waals surface area contributed by atoms with Crippen LogP contribution >= 0.6 is 15.9 Å². The van der Waals surface area contributed by atoms with E-state index in [1.54, 1.807) is 12.5 Å². The first-order valence-corrected chi connectivity index (χ1v) is 7.96. The van der Waals surface area contributed by atoms with Gasteiger partial charge in [0.1, 0.15) is 0 Å². The topological polar surface area (TPSA) is 46.9 Å². The molecule has 0 saturated heterocycles. The Balaban J connectivity index is 1.53. The normalized spacial score (nSPS) is 15.7. The van der Waals surface area contributed by atoms with Crippen molar-refractivity contribution in [1.29, 1.82) is 0 Å². The predicted molar refractivity (Wildman–Crippen MR) is 84.9 cm³/mol. The van der Waals surface area contributed by atoms with E-state index in [2.05, 4.69) is 44.4 Å². The van der Waals surface area contributed by atoms with Crippen LogP contribution in [-0.4, -0.2) is 22.0 Å². The zero-order valence-electron chi connectivity index (χ0n) is 11.8. The van der Waals surface area contributed by atoms with E-state index >= 15 is 0 Å². The number of aromatic nitrogens is 2. The van der Waals surface area contributed by atoms with Crippen LogP contribution in [0.4, 0.5) is 0 Å². The lowest BCUT2D eigenvalue weighted by atomic mass is 9.96. The van der Waals surface area contributed by atoms with Crippen LogP contribution in [0.15, 0.2) is 47.5 Å². The zero-order valence-corrected chi connectivity index (χ0v) is 13.3. The van der Waals surface area contributed by atoms with Crippen molar-refractivity contribution < 1.29 is 4.79 Å². The van der Waals surface area contributed by atoms with Crippen molar-refractivity contribution in [2.75, 3.05) is 6.54 Å². The van der Waals surface area contributed by atoms with E-state index in [0.717, 1.165) is 23.9 Å². The van der Waals surface area contributed by atoms with E-state index in [1.165, 1.54) is 5.56 Å². The predicted octanol–water partition coefficient (Wildman–Crippen LogP) is 2.88. The summed E-state index contributed by atoms with van der Waals surface area (Å²) in [6.07, 6.45) is 8.09. The molecular weight excluding hydrogens is 330 g/mol. The number of hydrogen-bond donors (Lipinski definition) is 1. The number of nitrogens with zero attached hydrogens (tertiary/aromatic N) is 2. The van der Waals surface area contributed by atoms with Crippen molar-refractivity contribution in [2.45, 2.75) is 31.2 Å². The van der Waals surface area contributed by atoms with E-state index < -0.39 is 0 Å². The van der Waals surface area contributed by atoms with E-state index in [1.807, 2.05) is 16.8 Å². The van der Waals surface area contributed by atoms with Crippen molar-refractivity contribution >= 4 is 21.8 Å². The number of imidazole rings is 1. The summed E-state index contributed by atoms with van der Waals surface area (Å²) in [6, 6.07) is 8.29. The maximum Gasteiger partial charge on any atom is 0.221 e. The second kappa shape index (κ2) is 6.02. The van der Waals surface area contributed by atoms with Crippen LogP contribution in [0.25, 0.3) is 0 Å². The highest BCUT2D eigenvalue weighted by Gasteiger charge is 2.45. The van der Waals surface area contributed by atoms with Crippen molar-refractivity contribution in [1.82, 2.24) is 14.9 Å². The Hall–Kier alpha value is -1.62. The molecule has 1 aliphatic carbocycles. The number of aryl methyl sites for hydroxylation is 1. The Morgan fingerprint density at radius 3 is 2.86 bits per heavy atom. The number of nitrogens with one attached hydrogen (secondary N) is 1. The van der Waals surface area contributed by atoms with Gasteiger partial charge in [-0.1, -0.05) is 34.1 Å². The third-order valence-corrected chi connectivity index (χ3v) is 4.77. The van der Waals surface area contributed by atoms with Gasteiger partial charge in [-0.2, -0.15) is 0 Å². The average Bonchev–Trinajstić information content (AvgIpc) is 3.09. The highest BCUT2D eigenvalue weighted by molar-refractivity contribution is 9.10. The van der Waals surface area contributed by atoms with Crippen LogP contribution < -0.4 is 5.32 Å². The van der Waals surface area contributed by atoms with E-state index in [0.29, 0.717) is 13.0 Å². The van der Waals surface area contributed by atoms with Gasteiger partial charge >= 0.3 is 0 Å². The average molecular weight is 348 g/mol. The third kappa shape index (κ3) is 3.35. The quantitative estimate of drug-likeness (QED) is 0.873. The van der Waals surface area contributed by atoms with Crippen LogP contribution in [0.2, 0.25) is 0 Å². The van der Waals surface area contributed by atoms with Crippen LogP contribution in [0.5, 0.6) is 0 Å². The first kappa shape index (κ1) is 14.3. The lowest BCUT2D eigenvalue weighted by Crippen LogP contribution is -2.32. The van der Waals surface area contributed by atoms with Gasteiger partial charge in [-0.3, -0.25) is 4.79 Å². The lowest BCUT2D eigenvalue weighted by Gasteiger charge is -2.18. The van der Waals surface area contributed by atoms with Crippen molar-refractivity contribution in [3.8, 4) is 0 Å².